The van der Waals surface area contributed by atoms with Gasteiger partial charge in [-0.25, -0.2) is 9.37 Å². The molecule has 12 heavy (non-hydrogen) atoms. The number of ketones is 1. The minimum Gasteiger partial charge on any atom is -0.293 e. The minimum atomic E-state index is -0.566. The Balaban J connectivity index is 3.13. The van der Waals surface area contributed by atoms with Crippen molar-refractivity contribution in [3.05, 3.63) is 28.8 Å². The first-order chi connectivity index (χ1) is 5.65. The molecule has 0 spiro atoms. The Morgan fingerprint density at radius 3 is 3.00 bits per heavy atom. The molecule has 0 aliphatic rings. The summed E-state index contributed by atoms with van der Waals surface area (Å²) in [5.41, 5.74) is 0.105. The monoisotopic (exact) mass is 251 g/mol. The van der Waals surface area contributed by atoms with Crippen molar-refractivity contribution in [2.75, 3.05) is 5.33 Å². The highest BCUT2D eigenvalue weighted by molar-refractivity contribution is 9.09. The maximum absolute atomic E-state index is 12.6. The van der Waals surface area contributed by atoms with Gasteiger partial charge < -0.3 is 0 Å². The molecular weight excluding hydrogens is 248 g/mol. The number of aromatic nitrogens is 1. The number of hydrogen-bond acceptors (Lipinski definition) is 2. The molecular formula is C7H4BrClFNO. The number of hydrogen-bond donors (Lipinski definition) is 0. The summed E-state index contributed by atoms with van der Waals surface area (Å²) < 4.78 is 12.6. The molecule has 0 N–H and O–H groups in total. The van der Waals surface area contributed by atoms with E-state index in [1.807, 2.05) is 0 Å². The molecule has 0 amide bonds. The summed E-state index contributed by atoms with van der Waals surface area (Å²) in [5.74, 6) is -0.851. The molecule has 1 aromatic rings. The Labute approximate surface area is 81.9 Å². The van der Waals surface area contributed by atoms with E-state index in [2.05, 4.69) is 20.9 Å². The first-order valence-electron chi connectivity index (χ1n) is 3.05. The lowest BCUT2D eigenvalue weighted by Crippen LogP contribution is -2.02. The van der Waals surface area contributed by atoms with E-state index in [0.717, 1.165) is 12.3 Å². The van der Waals surface area contributed by atoms with E-state index in [1.165, 1.54) is 0 Å². The van der Waals surface area contributed by atoms with Crippen LogP contribution in [0.1, 0.15) is 10.4 Å². The second-order valence-electron chi connectivity index (χ2n) is 2.05. The van der Waals surface area contributed by atoms with Crippen LogP contribution in [0.25, 0.3) is 0 Å². The SMILES string of the molecule is O=C(CBr)c1cc(F)cnc1Cl. The van der Waals surface area contributed by atoms with Gasteiger partial charge in [0, 0.05) is 0 Å². The molecule has 0 bridgehead atoms. The lowest BCUT2D eigenvalue weighted by atomic mass is 10.2. The van der Waals surface area contributed by atoms with Crippen molar-refractivity contribution in [3.63, 3.8) is 0 Å². The smallest absolute Gasteiger partial charge is 0.176 e. The van der Waals surface area contributed by atoms with Crippen LogP contribution in [-0.4, -0.2) is 16.1 Å². The van der Waals surface area contributed by atoms with E-state index in [9.17, 15) is 9.18 Å². The summed E-state index contributed by atoms with van der Waals surface area (Å²) in [6, 6.07) is 1.07. The Bertz CT molecular complexity index is 318. The van der Waals surface area contributed by atoms with Gasteiger partial charge in [0.2, 0.25) is 0 Å². The van der Waals surface area contributed by atoms with E-state index < -0.39 is 5.82 Å². The molecule has 2 nitrogen and oxygen atoms in total. The molecule has 64 valence electrons. The number of halogens is 3. The third-order valence-electron chi connectivity index (χ3n) is 1.23. The first-order valence-corrected chi connectivity index (χ1v) is 4.55. The van der Waals surface area contributed by atoms with Crippen molar-refractivity contribution >= 4 is 33.3 Å². The zero-order chi connectivity index (χ0) is 9.14. The van der Waals surface area contributed by atoms with Gasteiger partial charge in [-0.3, -0.25) is 4.79 Å². The van der Waals surface area contributed by atoms with Gasteiger partial charge in [-0.15, -0.1) is 0 Å². The van der Waals surface area contributed by atoms with Crippen molar-refractivity contribution in [1.29, 1.82) is 0 Å². The number of carbonyl (C=O) groups is 1. The predicted molar refractivity (Wildman–Crippen MR) is 47.3 cm³/mol. The summed E-state index contributed by atoms with van der Waals surface area (Å²) in [6.45, 7) is 0. The van der Waals surface area contributed by atoms with E-state index in [1.54, 1.807) is 0 Å². The van der Waals surface area contributed by atoms with Gasteiger partial charge in [-0.1, -0.05) is 27.5 Å². The maximum atomic E-state index is 12.6. The van der Waals surface area contributed by atoms with Gasteiger partial charge in [0.15, 0.2) is 5.78 Å². The Morgan fingerprint density at radius 1 is 1.75 bits per heavy atom. The molecule has 0 radical (unpaired) electrons. The Hall–Kier alpha value is -0.480. The topological polar surface area (TPSA) is 30.0 Å². The fourth-order valence-electron chi connectivity index (χ4n) is 0.690. The van der Waals surface area contributed by atoms with E-state index in [4.69, 9.17) is 11.6 Å². The number of pyridine rings is 1. The molecule has 0 atom stereocenters. The third kappa shape index (κ3) is 2.01. The summed E-state index contributed by atoms with van der Waals surface area (Å²) >= 11 is 8.50. The molecule has 0 aromatic carbocycles. The van der Waals surface area contributed by atoms with Gasteiger partial charge in [0.05, 0.1) is 17.1 Å². The zero-order valence-electron chi connectivity index (χ0n) is 5.85. The van der Waals surface area contributed by atoms with Crippen LogP contribution in [0.3, 0.4) is 0 Å². The predicted octanol–water partition coefficient (Wildman–Crippen LogP) is 2.45. The van der Waals surface area contributed by atoms with Gasteiger partial charge in [-0.05, 0) is 6.07 Å². The van der Waals surface area contributed by atoms with Gasteiger partial charge in [0.25, 0.3) is 0 Å². The maximum Gasteiger partial charge on any atom is 0.176 e. The average Bonchev–Trinajstić information content (AvgIpc) is 2.08. The molecule has 1 heterocycles. The van der Waals surface area contributed by atoms with Crippen LogP contribution < -0.4 is 0 Å². The van der Waals surface area contributed by atoms with Crippen LogP contribution >= 0.6 is 27.5 Å². The highest BCUT2D eigenvalue weighted by atomic mass is 79.9. The van der Waals surface area contributed by atoms with E-state index in [0.29, 0.717) is 0 Å². The molecule has 0 aliphatic carbocycles. The van der Waals surface area contributed by atoms with Crippen LogP contribution in [0, 0.1) is 5.82 Å². The number of Topliss-reactive ketones (excluding diaryl/α,β-unsaturated/α-hetero) is 1. The van der Waals surface area contributed by atoms with Crippen LogP contribution in [0.15, 0.2) is 12.3 Å². The average molecular weight is 252 g/mol. The fourth-order valence-corrected chi connectivity index (χ4v) is 1.20. The standard InChI is InChI=1S/C7H4BrClFNO/c8-2-6(12)5-1-4(10)3-11-7(5)9/h1,3H,2H2. The quantitative estimate of drug-likeness (QED) is 0.460. The largest absolute Gasteiger partial charge is 0.293 e. The number of alkyl halides is 1. The third-order valence-corrected chi connectivity index (χ3v) is 2.04. The van der Waals surface area contributed by atoms with Crippen molar-refractivity contribution in [2.24, 2.45) is 0 Å². The molecule has 1 aromatic heterocycles. The molecule has 0 saturated heterocycles. The molecule has 1 rings (SSSR count). The molecule has 0 fully saturated rings. The van der Waals surface area contributed by atoms with E-state index >= 15 is 0 Å². The molecule has 0 aliphatic heterocycles. The minimum absolute atomic E-state index is 0.0286. The number of rotatable bonds is 2. The second-order valence-corrected chi connectivity index (χ2v) is 2.97. The van der Waals surface area contributed by atoms with Crippen LogP contribution in [0.4, 0.5) is 4.39 Å². The van der Waals surface area contributed by atoms with Crippen LogP contribution in [0.5, 0.6) is 0 Å². The lowest BCUT2D eigenvalue weighted by Gasteiger charge is -1.98. The van der Waals surface area contributed by atoms with Gasteiger partial charge in [0.1, 0.15) is 11.0 Å². The summed E-state index contributed by atoms with van der Waals surface area (Å²) in [6.07, 6.45) is 0.966. The Morgan fingerprint density at radius 2 is 2.42 bits per heavy atom. The van der Waals surface area contributed by atoms with E-state index in [-0.39, 0.29) is 21.8 Å². The highest BCUT2D eigenvalue weighted by Crippen LogP contribution is 2.14. The highest BCUT2D eigenvalue weighted by Gasteiger charge is 2.10. The number of carbonyl (C=O) groups excluding carboxylic acids is 1. The summed E-state index contributed by atoms with van der Waals surface area (Å²) in [7, 11) is 0. The molecule has 0 saturated carbocycles. The van der Waals surface area contributed by atoms with Gasteiger partial charge >= 0.3 is 0 Å². The summed E-state index contributed by atoms with van der Waals surface area (Å²) in [4.78, 5) is 14.5. The number of nitrogens with zero attached hydrogens (tertiary/aromatic N) is 1. The Kier molecular flexibility index (Phi) is 3.17. The zero-order valence-corrected chi connectivity index (χ0v) is 8.19. The van der Waals surface area contributed by atoms with Crippen LogP contribution in [0.2, 0.25) is 5.15 Å². The van der Waals surface area contributed by atoms with Crippen molar-refractivity contribution in [1.82, 2.24) is 4.98 Å². The van der Waals surface area contributed by atoms with Crippen molar-refractivity contribution in [3.8, 4) is 0 Å². The fraction of sp³-hybridized carbons (Fsp3) is 0.143. The molecule has 0 unspecified atom stereocenters. The first kappa shape index (κ1) is 9.61. The van der Waals surface area contributed by atoms with Crippen LogP contribution in [-0.2, 0) is 0 Å². The lowest BCUT2D eigenvalue weighted by molar-refractivity contribution is 0.102. The summed E-state index contributed by atoms with van der Waals surface area (Å²) in [5, 5.41) is 0.138. The van der Waals surface area contributed by atoms with Crippen molar-refractivity contribution in [2.45, 2.75) is 0 Å². The normalized spacial score (nSPS) is 9.92. The van der Waals surface area contributed by atoms with Crippen molar-refractivity contribution < 1.29 is 9.18 Å². The molecule has 5 heteroatoms. The van der Waals surface area contributed by atoms with Gasteiger partial charge in [-0.2, -0.15) is 0 Å². The second kappa shape index (κ2) is 3.96.